The van der Waals surface area contributed by atoms with E-state index in [-0.39, 0.29) is 61.3 Å². The zero-order valence-electron chi connectivity index (χ0n) is 28.7. The lowest BCUT2D eigenvalue weighted by atomic mass is 9.96. The van der Waals surface area contributed by atoms with E-state index in [9.17, 15) is 23.9 Å². The number of amides is 5. The van der Waals surface area contributed by atoms with Crippen molar-refractivity contribution < 1.29 is 33.4 Å². The molecule has 1 heterocycles. The van der Waals surface area contributed by atoms with E-state index in [0.29, 0.717) is 23.7 Å². The van der Waals surface area contributed by atoms with E-state index in [2.05, 4.69) is 16.0 Å². The van der Waals surface area contributed by atoms with Crippen LogP contribution in [0, 0.1) is 11.7 Å². The van der Waals surface area contributed by atoms with Gasteiger partial charge in [0.1, 0.15) is 11.6 Å². The summed E-state index contributed by atoms with van der Waals surface area (Å²) in [5.74, 6) is -0.565. The quantitative estimate of drug-likeness (QED) is 0.276. The van der Waals surface area contributed by atoms with Crippen LogP contribution in [0.3, 0.4) is 0 Å². The summed E-state index contributed by atoms with van der Waals surface area (Å²) < 4.78 is 26.0. The van der Waals surface area contributed by atoms with Crippen LogP contribution in [0.15, 0.2) is 42.5 Å². The van der Waals surface area contributed by atoms with Crippen LogP contribution in [-0.2, 0) is 4.74 Å². The minimum Gasteiger partial charge on any atom is -0.490 e. The normalized spacial score (nSPS) is 22.0. The van der Waals surface area contributed by atoms with Crippen molar-refractivity contribution in [1.29, 1.82) is 0 Å². The van der Waals surface area contributed by atoms with E-state index < -0.39 is 18.0 Å². The maximum atomic E-state index is 14.3. The second kappa shape index (κ2) is 18.0. The molecule has 11 nitrogen and oxygen atoms in total. The molecule has 4 rings (SSSR count). The van der Waals surface area contributed by atoms with Gasteiger partial charge in [0.25, 0.3) is 5.91 Å². The lowest BCUT2D eigenvalue weighted by Gasteiger charge is -2.35. The van der Waals surface area contributed by atoms with E-state index in [0.717, 1.165) is 44.9 Å². The summed E-state index contributed by atoms with van der Waals surface area (Å²) in [6.07, 6.45) is 7.01. The van der Waals surface area contributed by atoms with E-state index in [1.165, 1.54) is 35.6 Å². The van der Waals surface area contributed by atoms with Gasteiger partial charge in [0.05, 0.1) is 30.4 Å². The topological polar surface area (TPSA) is 132 Å². The molecule has 0 saturated heterocycles. The summed E-state index contributed by atoms with van der Waals surface area (Å²) in [7, 11) is 1.66. The first-order valence-electron chi connectivity index (χ1n) is 17.2. The molecule has 0 unspecified atom stereocenters. The molecule has 1 aliphatic heterocycles. The molecule has 0 radical (unpaired) electrons. The van der Waals surface area contributed by atoms with Crippen molar-refractivity contribution in [3.8, 4) is 5.75 Å². The van der Waals surface area contributed by atoms with Gasteiger partial charge in [-0.15, -0.1) is 0 Å². The number of aliphatic hydroxyl groups excluding tert-OH is 1. The number of rotatable bonds is 7. The number of anilines is 2. The molecule has 4 N–H and O–H groups in total. The first kappa shape index (κ1) is 36.9. The van der Waals surface area contributed by atoms with E-state index in [1.54, 1.807) is 37.1 Å². The van der Waals surface area contributed by atoms with Gasteiger partial charge in [0.2, 0.25) is 0 Å². The largest absolute Gasteiger partial charge is 0.490 e. The third-order valence-electron chi connectivity index (χ3n) is 9.15. The van der Waals surface area contributed by atoms with E-state index in [1.807, 2.05) is 13.8 Å². The van der Waals surface area contributed by atoms with Gasteiger partial charge >= 0.3 is 12.1 Å². The predicted octanol–water partition coefficient (Wildman–Crippen LogP) is 6.24. The SMILES string of the molecule is C[C@@H]1CCCCO[C@@H](CN(C)C(=O)Nc2ccc(F)cc2)[C@@H](C)CN([C@@H](C)CO)C(=O)c2cc(NC(=O)NC3CCCCC3)ccc2O1. The summed E-state index contributed by atoms with van der Waals surface area (Å²) in [6.45, 7) is 6.36. The highest BCUT2D eigenvalue weighted by atomic mass is 19.1. The molecule has 0 aromatic heterocycles. The van der Waals surface area contributed by atoms with Crippen LogP contribution in [0.25, 0.3) is 0 Å². The average Bonchev–Trinajstić information content (AvgIpc) is 3.07. The molecule has 264 valence electrons. The molecule has 0 bridgehead atoms. The van der Waals surface area contributed by atoms with Crippen molar-refractivity contribution in [1.82, 2.24) is 15.1 Å². The number of nitrogens with one attached hydrogen (secondary N) is 3. The summed E-state index contributed by atoms with van der Waals surface area (Å²) in [6, 6.07) is 9.55. The monoisotopic (exact) mass is 669 g/mol. The Morgan fingerprint density at radius 1 is 1.00 bits per heavy atom. The lowest BCUT2D eigenvalue weighted by molar-refractivity contribution is -0.0115. The summed E-state index contributed by atoms with van der Waals surface area (Å²) in [5.41, 5.74) is 1.22. The average molecular weight is 670 g/mol. The Bertz CT molecular complexity index is 1350. The Kier molecular flexibility index (Phi) is 13.9. The minimum absolute atomic E-state index is 0.132. The number of halogens is 1. The van der Waals surface area contributed by atoms with Gasteiger partial charge in [0, 0.05) is 50.1 Å². The van der Waals surface area contributed by atoms with Gasteiger partial charge in [-0.2, -0.15) is 0 Å². The van der Waals surface area contributed by atoms with Crippen molar-refractivity contribution in [3.63, 3.8) is 0 Å². The Morgan fingerprint density at radius 2 is 1.69 bits per heavy atom. The highest BCUT2D eigenvalue weighted by Gasteiger charge is 2.31. The van der Waals surface area contributed by atoms with Crippen LogP contribution in [0.2, 0.25) is 0 Å². The maximum Gasteiger partial charge on any atom is 0.321 e. The standard InChI is InChI=1S/C36H52FN5O6/c1-24-21-42(25(2)23-43)34(44)31-20-30(39-35(45)38-28-11-6-5-7-12-28)17-18-32(31)48-26(3)10-8-9-19-47-33(24)22-41(4)36(46)40-29-15-13-27(37)14-16-29/h13-18,20,24-26,28,33,43H,5-12,19,21-23H2,1-4H3,(H,40,46)(H2,38,39,45)/t24-,25-,26+,33-/m0/s1. The Labute approximate surface area is 283 Å². The van der Waals surface area contributed by atoms with Crippen molar-refractivity contribution in [3.05, 3.63) is 53.8 Å². The third-order valence-corrected chi connectivity index (χ3v) is 9.15. The van der Waals surface area contributed by atoms with Gasteiger partial charge in [-0.05, 0) is 88.4 Å². The van der Waals surface area contributed by atoms with Crippen LogP contribution >= 0.6 is 0 Å². The second-order valence-electron chi connectivity index (χ2n) is 13.3. The molecule has 48 heavy (non-hydrogen) atoms. The molecule has 2 aromatic rings. The molecule has 4 atom stereocenters. The van der Waals surface area contributed by atoms with Crippen LogP contribution < -0.4 is 20.7 Å². The van der Waals surface area contributed by atoms with Crippen molar-refractivity contribution in [2.45, 2.75) is 96.4 Å². The number of hydrogen-bond donors (Lipinski definition) is 4. The predicted molar refractivity (Wildman–Crippen MR) is 184 cm³/mol. The Hall–Kier alpha value is -3.90. The molecule has 1 aliphatic carbocycles. The highest BCUT2D eigenvalue weighted by molar-refractivity contribution is 5.99. The molecule has 0 spiro atoms. The van der Waals surface area contributed by atoms with Crippen LogP contribution in [0.1, 0.15) is 82.5 Å². The molecule has 1 saturated carbocycles. The number of hydrogen-bond acceptors (Lipinski definition) is 6. The number of benzene rings is 2. The number of carbonyl (C=O) groups excluding carboxylic acids is 3. The number of likely N-dealkylation sites (N-methyl/N-ethyl adjacent to an activating group) is 1. The molecular formula is C36H52FN5O6. The van der Waals surface area contributed by atoms with Crippen molar-refractivity contribution >= 4 is 29.3 Å². The first-order chi connectivity index (χ1) is 23.0. The number of carbonyl (C=O) groups is 3. The fourth-order valence-electron chi connectivity index (χ4n) is 6.17. The first-order valence-corrected chi connectivity index (χ1v) is 17.2. The summed E-state index contributed by atoms with van der Waals surface area (Å²) >= 11 is 0. The smallest absolute Gasteiger partial charge is 0.321 e. The van der Waals surface area contributed by atoms with Gasteiger partial charge in [-0.3, -0.25) is 4.79 Å². The van der Waals surface area contributed by atoms with Crippen molar-refractivity contribution in [2.24, 2.45) is 5.92 Å². The van der Waals surface area contributed by atoms with Gasteiger partial charge in [0.15, 0.2) is 0 Å². The molecular weight excluding hydrogens is 617 g/mol. The number of ether oxygens (including phenoxy) is 2. The molecule has 2 aromatic carbocycles. The number of aliphatic hydroxyl groups is 1. The van der Waals surface area contributed by atoms with Crippen LogP contribution in [-0.4, -0.2) is 90.5 Å². The van der Waals surface area contributed by atoms with Crippen LogP contribution in [0.4, 0.5) is 25.4 Å². The highest BCUT2D eigenvalue weighted by Crippen LogP contribution is 2.29. The fourth-order valence-corrected chi connectivity index (χ4v) is 6.17. The fraction of sp³-hybridized carbons (Fsp3) is 0.583. The van der Waals surface area contributed by atoms with Gasteiger partial charge < -0.3 is 40.3 Å². The molecule has 2 aliphatic rings. The van der Waals surface area contributed by atoms with E-state index in [4.69, 9.17) is 9.47 Å². The Morgan fingerprint density at radius 3 is 2.40 bits per heavy atom. The van der Waals surface area contributed by atoms with E-state index >= 15 is 0 Å². The van der Waals surface area contributed by atoms with Crippen molar-refractivity contribution in [2.75, 3.05) is 44.0 Å². The third kappa shape index (κ3) is 10.8. The summed E-state index contributed by atoms with van der Waals surface area (Å²) in [4.78, 5) is 43.3. The van der Waals surface area contributed by atoms with Gasteiger partial charge in [-0.1, -0.05) is 26.2 Å². The molecule has 5 amide bonds. The number of fused-ring (bicyclic) bond motifs is 1. The maximum absolute atomic E-state index is 14.3. The van der Waals surface area contributed by atoms with Crippen LogP contribution in [0.5, 0.6) is 5.75 Å². The zero-order chi connectivity index (χ0) is 34.6. The molecule has 1 fully saturated rings. The number of nitrogens with zero attached hydrogens (tertiary/aromatic N) is 2. The molecule has 12 heteroatoms. The lowest BCUT2D eigenvalue weighted by Crippen LogP contribution is -2.48. The zero-order valence-corrected chi connectivity index (χ0v) is 28.7. The van der Waals surface area contributed by atoms with Gasteiger partial charge in [-0.25, -0.2) is 14.0 Å². The second-order valence-corrected chi connectivity index (χ2v) is 13.3. The summed E-state index contributed by atoms with van der Waals surface area (Å²) in [5, 5.41) is 18.9. The Balaban J connectivity index is 1.55. The minimum atomic E-state index is -0.538. The number of urea groups is 2.